The van der Waals surface area contributed by atoms with Crippen LogP contribution in [0.4, 0.5) is 0 Å². The molecule has 0 unspecified atom stereocenters. The highest BCUT2D eigenvalue weighted by Gasteiger charge is 2.02. The van der Waals surface area contributed by atoms with Gasteiger partial charge in [-0.05, 0) is 61.2 Å². The fraction of sp³-hybridized carbons (Fsp3) is 0.727. The van der Waals surface area contributed by atoms with E-state index < -0.39 is 5.97 Å². The summed E-state index contributed by atoms with van der Waals surface area (Å²) < 4.78 is 14.2. The van der Waals surface area contributed by atoms with Gasteiger partial charge >= 0.3 is 23.9 Å². The third-order valence-electron chi connectivity index (χ3n) is 7.05. The van der Waals surface area contributed by atoms with E-state index in [2.05, 4.69) is 44.9 Å². The molecule has 9 nitrogen and oxygen atoms in total. The Kier molecular flexibility index (Phi) is 52.2. The van der Waals surface area contributed by atoms with Crippen LogP contribution < -0.4 is 0 Å². The highest BCUT2D eigenvalue weighted by molar-refractivity contribution is 5.87. The number of carboxylic acid groups (broad SMARTS) is 1. The number of unbranched alkanes of at least 4 members (excludes halogenated alkanes) is 16. The fourth-order valence-corrected chi connectivity index (χ4v) is 3.95. The highest BCUT2D eigenvalue weighted by Crippen LogP contribution is 2.13. The summed E-state index contributed by atoms with van der Waals surface area (Å²) >= 11 is 0. The number of hydrogen-bond acceptors (Lipinski definition) is 8. The molecule has 53 heavy (non-hydrogen) atoms. The lowest BCUT2D eigenvalue weighted by Gasteiger charge is -2.05. The van der Waals surface area contributed by atoms with Crippen LogP contribution in [0.3, 0.4) is 0 Å². The second-order valence-electron chi connectivity index (χ2n) is 13.8. The van der Waals surface area contributed by atoms with E-state index in [1.54, 1.807) is 20.8 Å². The molecule has 312 valence electrons. The molecule has 0 aliphatic carbocycles. The van der Waals surface area contributed by atoms with Crippen molar-refractivity contribution in [3.63, 3.8) is 0 Å². The monoisotopic (exact) mass is 754 g/mol. The topological polar surface area (TPSA) is 119 Å². The van der Waals surface area contributed by atoms with Gasteiger partial charge in [-0.1, -0.05) is 156 Å². The van der Waals surface area contributed by atoms with Crippen molar-refractivity contribution in [1.82, 2.24) is 4.90 Å². The predicted molar refractivity (Wildman–Crippen MR) is 224 cm³/mol. The number of methoxy groups -OCH3 is 1. The van der Waals surface area contributed by atoms with Gasteiger partial charge < -0.3 is 24.2 Å². The number of esters is 3. The zero-order chi connectivity index (χ0) is 41.9. The van der Waals surface area contributed by atoms with E-state index >= 15 is 0 Å². The Morgan fingerprint density at radius 1 is 0.491 bits per heavy atom. The molecule has 0 bridgehead atoms. The molecule has 0 atom stereocenters. The number of aliphatic carboxylic acids is 1. The van der Waals surface area contributed by atoms with E-state index in [9.17, 15) is 19.2 Å². The van der Waals surface area contributed by atoms with E-state index in [1.165, 1.54) is 103 Å². The Morgan fingerprint density at radius 2 is 0.774 bits per heavy atom. The summed E-state index contributed by atoms with van der Waals surface area (Å²) in [5.41, 5.74) is 1.69. The summed E-state index contributed by atoms with van der Waals surface area (Å²) in [6, 6.07) is 0. The lowest BCUT2D eigenvalue weighted by Crippen LogP contribution is -2.05. The molecule has 0 aromatic heterocycles. The third-order valence-corrected chi connectivity index (χ3v) is 7.05. The van der Waals surface area contributed by atoms with Crippen LogP contribution in [0.1, 0.15) is 170 Å². The van der Waals surface area contributed by atoms with E-state index in [-0.39, 0.29) is 17.9 Å². The first-order chi connectivity index (χ1) is 25.0. The van der Waals surface area contributed by atoms with Crippen molar-refractivity contribution in [2.75, 3.05) is 41.5 Å². The molecule has 0 amide bonds. The molecule has 0 fully saturated rings. The number of carbonyl (C=O) groups is 4. The Hall–Kier alpha value is -3.20. The smallest absolute Gasteiger partial charge is 0.333 e. The van der Waals surface area contributed by atoms with Crippen LogP contribution in [0, 0.1) is 0 Å². The van der Waals surface area contributed by atoms with Crippen LogP contribution in [0.2, 0.25) is 0 Å². The second kappa shape index (κ2) is 46.8. The second-order valence-corrected chi connectivity index (χ2v) is 13.8. The van der Waals surface area contributed by atoms with Crippen molar-refractivity contribution in [3.8, 4) is 0 Å². The summed E-state index contributed by atoms with van der Waals surface area (Å²) in [7, 11) is 7.33. The number of ether oxygens (including phenoxy) is 3. The molecule has 0 spiro atoms. The van der Waals surface area contributed by atoms with Gasteiger partial charge in [-0.15, -0.1) is 0 Å². The van der Waals surface area contributed by atoms with Crippen molar-refractivity contribution in [2.45, 2.75) is 170 Å². The third kappa shape index (κ3) is 61.2. The molecular weight excluding hydrogens is 670 g/mol. The van der Waals surface area contributed by atoms with Crippen LogP contribution in [0.15, 0.2) is 48.6 Å². The summed E-state index contributed by atoms with van der Waals surface area (Å²) in [4.78, 5) is 44.1. The zero-order valence-electron chi connectivity index (χ0n) is 36.1. The van der Waals surface area contributed by atoms with E-state index in [4.69, 9.17) is 14.6 Å². The SMILES string of the molecule is C=C(C)C(=O)OC.C=C(C)C(=O)OCCCC.C=C(C)C(=O)OCCCCCCCCCCCCCCCCCC.C=C(CCC)C(=O)O.CN(C)C. The van der Waals surface area contributed by atoms with Crippen molar-refractivity contribution < 1.29 is 38.5 Å². The zero-order valence-corrected chi connectivity index (χ0v) is 36.1. The van der Waals surface area contributed by atoms with Gasteiger partial charge in [0.1, 0.15) is 0 Å². The molecule has 0 radical (unpaired) electrons. The van der Waals surface area contributed by atoms with Crippen molar-refractivity contribution in [2.24, 2.45) is 0 Å². The summed E-state index contributed by atoms with van der Waals surface area (Å²) in [5, 5.41) is 8.21. The maximum atomic E-state index is 11.2. The van der Waals surface area contributed by atoms with Gasteiger partial charge in [0.2, 0.25) is 0 Å². The summed E-state index contributed by atoms with van der Waals surface area (Å²) in [5.74, 6) is -1.77. The lowest BCUT2D eigenvalue weighted by atomic mass is 10.0. The Balaban J connectivity index is -0.000000216. The van der Waals surface area contributed by atoms with Crippen LogP contribution in [0.25, 0.3) is 0 Å². The van der Waals surface area contributed by atoms with Crippen molar-refractivity contribution in [1.29, 1.82) is 0 Å². The minimum atomic E-state index is -0.883. The number of carbonyl (C=O) groups excluding carboxylic acids is 3. The average Bonchev–Trinajstić information content (AvgIpc) is 3.09. The molecule has 1 N–H and O–H groups in total. The van der Waals surface area contributed by atoms with Gasteiger partial charge in [0.15, 0.2) is 0 Å². The lowest BCUT2D eigenvalue weighted by molar-refractivity contribution is -0.139. The number of nitrogens with zero attached hydrogens (tertiary/aromatic N) is 1. The minimum Gasteiger partial charge on any atom is -0.478 e. The Morgan fingerprint density at radius 3 is 0.981 bits per heavy atom. The average molecular weight is 754 g/mol. The number of carboxylic acids is 1. The Bertz CT molecular complexity index is 952. The molecule has 0 aromatic carbocycles. The molecule has 0 saturated carbocycles. The maximum absolute atomic E-state index is 11.2. The highest BCUT2D eigenvalue weighted by atomic mass is 16.5. The van der Waals surface area contributed by atoms with Crippen LogP contribution in [-0.2, 0) is 33.4 Å². The quantitative estimate of drug-likeness (QED) is 0.0398. The van der Waals surface area contributed by atoms with Gasteiger partial charge in [0, 0.05) is 22.3 Å². The first kappa shape index (κ1) is 59.1. The van der Waals surface area contributed by atoms with Gasteiger partial charge in [-0.2, -0.15) is 0 Å². The molecule has 9 heteroatoms. The molecule has 0 aliphatic rings. The molecule has 0 saturated heterocycles. The normalized spacial score (nSPS) is 9.57. The molecule has 0 rings (SSSR count). The standard InChI is InChI=1S/C22H42O2.C8H14O2.C6H10O2.C5H8O2.C3H9N/c1-4-5-6-7-8-9-10-11-12-13-14-15-16-17-18-19-20-24-22(23)21(2)3;1-4-5-6-10-8(9)7(2)3;1-3-4-5(2)6(7)8;1-4(2)5(6)7-3;1-4(2)3/h2,4-20H2,1,3H3;2,4-6H2,1,3H3;2-4H2,1H3,(H,7,8);1H2,2-3H3;1-3H3. The van der Waals surface area contributed by atoms with Crippen LogP contribution >= 0.6 is 0 Å². The molecule has 0 heterocycles. The van der Waals surface area contributed by atoms with Gasteiger partial charge in [-0.25, -0.2) is 19.2 Å². The summed E-state index contributed by atoms with van der Waals surface area (Å²) in [6.07, 6.45) is 25.2. The van der Waals surface area contributed by atoms with Gasteiger partial charge in [-0.3, -0.25) is 0 Å². The van der Waals surface area contributed by atoms with E-state index in [0.717, 1.165) is 25.7 Å². The van der Waals surface area contributed by atoms with Crippen molar-refractivity contribution >= 4 is 23.9 Å². The molecule has 0 aromatic rings. The van der Waals surface area contributed by atoms with E-state index in [0.29, 0.717) is 41.9 Å². The van der Waals surface area contributed by atoms with Crippen LogP contribution in [0.5, 0.6) is 0 Å². The maximum Gasteiger partial charge on any atom is 0.333 e. The molecular formula is C44H83NO8. The minimum absolute atomic E-state index is 0.254. The number of hydrogen-bond donors (Lipinski definition) is 1. The molecule has 0 aliphatic heterocycles. The fourth-order valence-electron chi connectivity index (χ4n) is 3.95. The van der Waals surface area contributed by atoms with Crippen molar-refractivity contribution in [3.05, 3.63) is 48.6 Å². The first-order valence-corrected chi connectivity index (χ1v) is 19.9. The van der Waals surface area contributed by atoms with Gasteiger partial charge in [0.25, 0.3) is 0 Å². The largest absolute Gasteiger partial charge is 0.478 e. The number of rotatable bonds is 26. The van der Waals surface area contributed by atoms with E-state index in [1.807, 2.05) is 33.0 Å². The van der Waals surface area contributed by atoms with Gasteiger partial charge in [0.05, 0.1) is 20.3 Å². The first-order valence-electron chi connectivity index (χ1n) is 19.9. The summed E-state index contributed by atoms with van der Waals surface area (Å²) in [6.45, 7) is 26.0. The predicted octanol–water partition coefficient (Wildman–Crippen LogP) is 11.6. The Labute approximate surface area is 326 Å². The van der Waals surface area contributed by atoms with Crippen LogP contribution in [-0.4, -0.2) is 75.4 Å².